The smallest absolute Gasteiger partial charge is 0.460 e. The summed E-state index contributed by atoms with van der Waals surface area (Å²) >= 11 is 0. The average molecular weight is 982 g/mol. The van der Waals surface area contributed by atoms with Gasteiger partial charge < -0.3 is 14.6 Å². The standard InChI is InChI=1S/C25H13F31O5/c26-11(27,8-58-6-9(57)7-59-10-4-2-1-3-5-10)12(28,29)13(30,31)14(32,33)15(34,35)16(36,37)17(38,39)19(42,43)22(49,50)60-24(53,54)25(55,56)61-23(51,52)20(44,45)18(40,41)21(46,47)48/h1-5,9,57H,6-8H2/t9-/m0/s1. The molecule has 1 atom stereocenters. The van der Waals surface area contributed by atoms with Crippen LogP contribution in [0.2, 0.25) is 0 Å². The quantitative estimate of drug-likeness (QED) is 0.117. The highest BCUT2D eigenvalue weighted by atomic mass is 19.4. The van der Waals surface area contributed by atoms with Crippen LogP contribution in [0.15, 0.2) is 30.3 Å². The Bertz CT molecular complexity index is 1620. The van der Waals surface area contributed by atoms with Crippen LogP contribution in [-0.2, 0) is 14.2 Å². The second kappa shape index (κ2) is 16.0. The van der Waals surface area contributed by atoms with E-state index in [1.54, 1.807) is 0 Å². The summed E-state index contributed by atoms with van der Waals surface area (Å²) in [7, 11) is 0. The number of halogens is 31. The molecule has 0 aromatic heterocycles. The van der Waals surface area contributed by atoms with Crippen LogP contribution in [0.5, 0.6) is 5.75 Å². The molecule has 360 valence electrons. The van der Waals surface area contributed by atoms with Gasteiger partial charge in [-0.2, -0.15) is 136 Å². The lowest BCUT2D eigenvalue weighted by molar-refractivity contribution is -0.560. The lowest BCUT2D eigenvalue weighted by atomic mass is 9.87. The van der Waals surface area contributed by atoms with Crippen LogP contribution in [0.1, 0.15) is 0 Å². The number of hydrogen-bond acceptors (Lipinski definition) is 5. The van der Waals surface area contributed by atoms with Crippen molar-refractivity contribution < 1.29 is 160 Å². The van der Waals surface area contributed by atoms with Gasteiger partial charge in [-0.05, 0) is 12.1 Å². The molecule has 1 aromatic carbocycles. The lowest BCUT2D eigenvalue weighted by Crippen LogP contribution is -2.76. The number of aliphatic hydroxyl groups excluding tert-OH is 1. The van der Waals surface area contributed by atoms with Crippen molar-refractivity contribution in [3.8, 4) is 5.75 Å². The predicted molar refractivity (Wildman–Crippen MR) is 126 cm³/mol. The van der Waals surface area contributed by atoms with Gasteiger partial charge in [0.2, 0.25) is 0 Å². The largest absolute Gasteiger partial charge is 0.491 e. The summed E-state index contributed by atoms with van der Waals surface area (Å²) in [5, 5.41) is 9.49. The van der Waals surface area contributed by atoms with Crippen LogP contribution in [0.4, 0.5) is 136 Å². The second-order valence-corrected chi connectivity index (χ2v) is 11.4. The Balaban J connectivity index is 3.53. The molecule has 0 aliphatic rings. The second-order valence-electron chi connectivity index (χ2n) is 11.4. The third kappa shape index (κ3) is 9.08. The van der Waals surface area contributed by atoms with Crippen LogP contribution in [-0.4, -0.2) is 121 Å². The van der Waals surface area contributed by atoms with Crippen molar-refractivity contribution in [3.05, 3.63) is 30.3 Å². The Morgan fingerprint density at radius 2 is 0.689 bits per heavy atom. The molecular weight excluding hydrogens is 969 g/mol. The maximum absolute atomic E-state index is 14.1. The highest BCUT2D eigenvalue weighted by Crippen LogP contribution is 2.66. The molecule has 0 radical (unpaired) electrons. The van der Waals surface area contributed by atoms with Crippen LogP contribution < -0.4 is 4.74 Å². The third-order valence-corrected chi connectivity index (χ3v) is 6.94. The minimum absolute atomic E-state index is 0.137. The van der Waals surface area contributed by atoms with Gasteiger partial charge in [0.25, 0.3) is 0 Å². The summed E-state index contributed by atoms with van der Waals surface area (Å²) in [5.41, 5.74) is 0. The van der Waals surface area contributed by atoms with Gasteiger partial charge in [0.1, 0.15) is 25.1 Å². The van der Waals surface area contributed by atoms with E-state index in [0.717, 1.165) is 21.6 Å². The summed E-state index contributed by atoms with van der Waals surface area (Å²) in [6.07, 6.45) is -45.4. The Labute approximate surface area is 313 Å². The molecule has 0 saturated heterocycles. The van der Waals surface area contributed by atoms with E-state index in [2.05, 4.69) is 4.74 Å². The maximum Gasteiger partial charge on any atom is 0.460 e. The van der Waals surface area contributed by atoms with Gasteiger partial charge >= 0.3 is 89.8 Å². The van der Waals surface area contributed by atoms with Crippen molar-refractivity contribution in [1.82, 2.24) is 0 Å². The summed E-state index contributed by atoms with van der Waals surface area (Å²) in [6, 6.07) is 6.20. The van der Waals surface area contributed by atoms with Crippen LogP contribution in [0.25, 0.3) is 0 Å². The molecule has 0 saturated carbocycles. The molecule has 1 N–H and O–H groups in total. The summed E-state index contributed by atoms with van der Waals surface area (Å²) in [4.78, 5) is 0. The van der Waals surface area contributed by atoms with Gasteiger partial charge in [-0.3, -0.25) is 0 Å². The van der Waals surface area contributed by atoms with Crippen molar-refractivity contribution in [2.75, 3.05) is 19.8 Å². The van der Waals surface area contributed by atoms with Gasteiger partial charge in [-0.25, -0.2) is 9.47 Å². The number of ether oxygens (including phenoxy) is 4. The molecule has 0 aliphatic heterocycles. The molecule has 1 aromatic rings. The van der Waals surface area contributed by atoms with E-state index in [1.165, 1.54) is 18.2 Å². The Morgan fingerprint density at radius 3 is 1.03 bits per heavy atom. The molecule has 36 heteroatoms. The van der Waals surface area contributed by atoms with E-state index in [9.17, 15) is 141 Å². The first-order chi connectivity index (χ1) is 26.4. The number of aliphatic hydroxyl groups is 1. The highest BCUT2D eigenvalue weighted by Gasteiger charge is 2.97. The molecule has 0 fully saturated rings. The zero-order valence-corrected chi connectivity index (χ0v) is 27.4. The molecular formula is C25H13F31O5. The van der Waals surface area contributed by atoms with Crippen molar-refractivity contribution in [2.45, 2.75) is 95.9 Å². The van der Waals surface area contributed by atoms with Crippen molar-refractivity contribution in [2.24, 2.45) is 0 Å². The van der Waals surface area contributed by atoms with Crippen molar-refractivity contribution in [3.63, 3.8) is 0 Å². The molecule has 0 spiro atoms. The molecule has 61 heavy (non-hydrogen) atoms. The SMILES string of the molecule is O[C@@H](COCC(F)(F)C(F)(F)C(F)(F)C(F)(F)C(F)(F)C(F)(F)C(F)(F)C(F)(F)C(F)(F)OC(F)(F)C(F)(F)OC(F)(F)C(F)(F)C(F)(F)C(F)(F)F)COc1ccccc1. The fourth-order valence-electron chi connectivity index (χ4n) is 3.50. The number of rotatable bonds is 22. The maximum atomic E-state index is 14.1. The van der Waals surface area contributed by atoms with Crippen LogP contribution in [0.3, 0.4) is 0 Å². The zero-order chi connectivity index (χ0) is 49.1. The van der Waals surface area contributed by atoms with E-state index in [-0.39, 0.29) is 5.75 Å². The number of benzene rings is 1. The minimum Gasteiger partial charge on any atom is -0.491 e. The lowest BCUT2D eigenvalue weighted by Gasteiger charge is -2.44. The van der Waals surface area contributed by atoms with E-state index >= 15 is 0 Å². The fraction of sp³-hybridized carbons (Fsp3) is 0.760. The van der Waals surface area contributed by atoms with Crippen molar-refractivity contribution >= 4 is 0 Å². The number of hydrogen-bond donors (Lipinski definition) is 1. The first-order valence-corrected chi connectivity index (χ1v) is 14.1. The monoisotopic (exact) mass is 982 g/mol. The molecule has 1 rings (SSSR count). The minimum atomic E-state index is -9.74. The summed E-state index contributed by atoms with van der Waals surface area (Å²) < 4.78 is 430. The average Bonchev–Trinajstić information content (AvgIpc) is 3.05. The van der Waals surface area contributed by atoms with Crippen molar-refractivity contribution in [1.29, 1.82) is 0 Å². The van der Waals surface area contributed by atoms with Gasteiger partial charge in [-0.15, -0.1) is 0 Å². The summed E-state index contributed by atoms with van der Waals surface area (Å²) in [5.74, 6) is -89.8. The fourth-order valence-corrected chi connectivity index (χ4v) is 3.50. The topological polar surface area (TPSA) is 57.2 Å². The molecule has 0 heterocycles. The van der Waals surface area contributed by atoms with Crippen LogP contribution >= 0.6 is 0 Å². The molecule has 0 aliphatic carbocycles. The first-order valence-electron chi connectivity index (χ1n) is 14.1. The predicted octanol–water partition coefficient (Wildman–Crippen LogP) is 10.8. The first kappa shape index (κ1) is 55.7. The Morgan fingerprint density at radius 1 is 0.377 bits per heavy atom. The highest BCUT2D eigenvalue weighted by molar-refractivity contribution is 5.21. The van der Waals surface area contributed by atoms with Crippen LogP contribution in [0, 0.1) is 0 Å². The Hall–Kier alpha value is -3.31. The van der Waals surface area contributed by atoms with E-state index in [4.69, 9.17) is 4.74 Å². The number of alkyl halides is 31. The van der Waals surface area contributed by atoms with Gasteiger partial charge in [-0.1, -0.05) is 18.2 Å². The van der Waals surface area contributed by atoms with E-state index in [0.29, 0.717) is 0 Å². The molecule has 0 amide bonds. The van der Waals surface area contributed by atoms with Gasteiger partial charge in [0.05, 0.1) is 6.61 Å². The zero-order valence-electron chi connectivity index (χ0n) is 27.4. The number of para-hydroxylation sites is 1. The van der Waals surface area contributed by atoms with Gasteiger partial charge in [0, 0.05) is 0 Å². The molecule has 5 nitrogen and oxygen atoms in total. The normalized spacial score (nSPS) is 16.5. The molecule has 0 unspecified atom stereocenters. The van der Waals surface area contributed by atoms with E-state index < -0.39 is 116 Å². The third-order valence-electron chi connectivity index (χ3n) is 6.94. The Kier molecular flexibility index (Phi) is 14.6. The molecule has 0 bridgehead atoms. The van der Waals surface area contributed by atoms with E-state index in [1.807, 2.05) is 0 Å². The van der Waals surface area contributed by atoms with Gasteiger partial charge in [0.15, 0.2) is 0 Å². The summed E-state index contributed by atoms with van der Waals surface area (Å²) in [6.45, 7) is -6.34.